The number of carboxylic acids is 1. The lowest BCUT2D eigenvalue weighted by molar-refractivity contribution is -0.149. The van der Waals surface area contributed by atoms with Gasteiger partial charge in [0.1, 0.15) is 6.61 Å². The summed E-state index contributed by atoms with van der Waals surface area (Å²) in [6.45, 7) is 4.29. The van der Waals surface area contributed by atoms with Crippen molar-refractivity contribution in [1.29, 1.82) is 0 Å². The molecule has 0 aromatic heterocycles. The standard InChI is InChI=1S/C26H30N2O6/c1-26(2,24(31)27-13-16-11-12-33-22(16)23(29)30)15-28-25(32)34-14-21-19-9-5-3-7-17(19)18-8-4-6-10-20(18)21/h3-10,16,21-22H,11-15H2,1-2H3,(H,27,31)(H,28,32)(H,29,30). The summed E-state index contributed by atoms with van der Waals surface area (Å²) in [4.78, 5) is 36.3. The van der Waals surface area contributed by atoms with Gasteiger partial charge in [-0.15, -0.1) is 0 Å². The summed E-state index contributed by atoms with van der Waals surface area (Å²) in [6, 6.07) is 16.2. The molecule has 1 heterocycles. The second-order valence-electron chi connectivity index (χ2n) is 9.45. The van der Waals surface area contributed by atoms with Gasteiger partial charge in [-0.2, -0.15) is 0 Å². The van der Waals surface area contributed by atoms with Crippen LogP contribution in [-0.4, -0.2) is 55.5 Å². The van der Waals surface area contributed by atoms with Crippen molar-refractivity contribution in [3.63, 3.8) is 0 Å². The molecule has 1 aliphatic carbocycles. The van der Waals surface area contributed by atoms with E-state index in [0.29, 0.717) is 13.0 Å². The van der Waals surface area contributed by atoms with E-state index in [-0.39, 0.29) is 37.4 Å². The highest BCUT2D eigenvalue weighted by atomic mass is 16.5. The van der Waals surface area contributed by atoms with Crippen LogP contribution in [0, 0.1) is 11.3 Å². The van der Waals surface area contributed by atoms with E-state index in [1.54, 1.807) is 13.8 Å². The van der Waals surface area contributed by atoms with Crippen molar-refractivity contribution < 1.29 is 29.0 Å². The second kappa shape index (κ2) is 9.85. The Labute approximate surface area is 198 Å². The third-order valence-corrected chi connectivity index (χ3v) is 6.62. The van der Waals surface area contributed by atoms with Crippen LogP contribution < -0.4 is 10.6 Å². The molecule has 1 aliphatic heterocycles. The average Bonchev–Trinajstić information content (AvgIpc) is 3.43. The van der Waals surface area contributed by atoms with Crippen LogP contribution in [0.25, 0.3) is 11.1 Å². The Bertz CT molecular complexity index is 1040. The summed E-state index contributed by atoms with van der Waals surface area (Å²) in [7, 11) is 0. The molecule has 2 atom stereocenters. The molecule has 2 amide bonds. The molecule has 2 aliphatic rings. The molecule has 0 saturated carbocycles. The molecule has 4 rings (SSSR count). The first-order valence-electron chi connectivity index (χ1n) is 11.5. The predicted molar refractivity (Wildman–Crippen MR) is 125 cm³/mol. The number of carbonyl (C=O) groups is 3. The van der Waals surface area contributed by atoms with Gasteiger partial charge < -0.3 is 25.2 Å². The molecular formula is C26H30N2O6. The van der Waals surface area contributed by atoms with Gasteiger partial charge in [0.25, 0.3) is 0 Å². The highest BCUT2D eigenvalue weighted by molar-refractivity contribution is 5.83. The van der Waals surface area contributed by atoms with Crippen LogP contribution in [0.1, 0.15) is 37.3 Å². The van der Waals surface area contributed by atoms with Crippen LogP contribution in [0.2, 0.25) is 0 Å². The zero-order valence-electron chi connectivity index (χ0n) is 19.4. The maximum atomic E-state index is 12.7. The molecule has 3 N–H and O–H groups in total. The quantitative estimate of drug-likeness (QED) is 0.551. The highest BCUT2D eigenvalue weighted by Gasteiger charge is 2.36. The monoisotopic (exact) mass is 466 g/mol. The predicted octanol–water partition coefficient (Wildman–Crippen LogP) is 3.16. The lowest BCUT2D eigenvalue weighted by Gasteiger charge is -2.25. The van der Waals surface area contributed by atoms with Gasteiger partial charge in [0.2, 0.25) is 5.91 Å². The van der Waals surface area contributed by atoms with Crippen molar-refractivity contribution in [2.45, 2.75) is 32.3 Å². The fourth-order valence-electron chi connectivity index (χ4n) is 4.60. The third kappa shape index (κ3) is 4.92. The van der Waals surface area contributed by atoms with Crippen molar-refractivity contribution in [3.8, 4) is 11.1 Å². The van der Waals surface area contributed by atoms with Crippen LogP contribution in [0.5, 0.6) is 0 Å². The lowest BCUT2D eigenvalue weighted by Crippen LogP contribution is -2.47. The molecule has 2 aromatic rings. The van der Waals surface area contributed by atoms with Crippen molar-refractivity contribution in [2.24, 2.45) is 11.3 Å². The first-order valence-corrected chi connectivity index (χ1v) is 11.5. The van der Waals surface area contributed by atoms with Crippen LogP contribution in [0.4, 0.5) is 4.79 Å². The number of hydrogen-bond acceptors (Lipinski definition) is 5. The third-order valence-electron chi connectivity index (χ3n) is 6.62. The molecule has 34 heavy (non-hydrogen) atoms. The summed E-state index contributed by atoms with van der Waals surface area (Å²) in [5.74, 6) is -1.60. The molecule has 2 unspecified atom stereocenters. The minimum atomic E-state index is -1.02. The Morgan fingerprint density at radius 3 is 2.26 bits per heavy atom. The number of fused-ring (bicyclic) bond motifs is 3. The van der Waals surface area contributed by atoms with Gasteiger partial charge in [0, 0.05) is 31.5 Å². The minimum absolute atomic E-state index is 0.0368. The van der Waals surface area contributed by atoms with Crippen LogP contribution in [-0.2, 0) is 19.1 Å². The zero-order chi connectivity index (χ0) is 24.3. The summed E-state index contributed by atoms with van der Waals surface area (Å²) in [5, 5.41) is 14.7. The van der Waals surface area contributed by atoms with Gasteiger partial charge in [-0.25, -0.2) is 9.59 Å². The van der Waals surface area contributed by atoms with Gasteiger partial charge in [-0.1, -0.05) is 48.5 Å². The summed E-state index contributed by atoms with van der Waals surface area (Å²) in [6.07, 6.45) is -0.907. The van der Waals surface area contributed by atoms with Gasteiger partial charge in [-0.3, -0.25) is 4.79 Å². The van der Waals surface area contributed by atoms with Crippen molar-refractivity contribution in [1.82, 2.24) is 10.6 Å². The number of nitrogens with one attached hydrogen (secondary N) is 2. The summed E-state index contributed by atoms with van der Waals surface area (Å²) < 4.78 is 10.7. The maximum Gasteiger partial charge on any atom is 0.407 e. The van der Waals surface area contributed by atoms with E-state index in [1.807, 2.05) is 24.3 Å². The first-order chi connectivity index (χ1) is 16.3. The molecular weight excluding hydrogens is 436 g/mol. The minimum Gasteiger partial charge on any atom is -0.479 e. The number of amides is 2. The Hall–Kier alpha value is -3.39. The van der Waals surface area contributed by atoms with E-state index in [0.717, 1.165) is 22.3 Å². The van der Waals surface area contributed by atoms with E-state index in [4.69, 9.17) is 9.47 Å². The summed E-state index contributed by atoms with van der Waals surface area (Å²) in [5.41, 5.74) is 3.67. The number of aliphatic carboxylic acids is 1. The molecule has 0 spiro atoms. The number of alkyl carbamates (subject to hydrolysis) is 1. The van der Waals surface area contributed by atoms with Gasteiger partial charge in [-0.05, 0) is 42.5 Å². The number of carboxylic acid groups (broad SMARTS) is 1. The van der Waals surface area contributed by atoms with E-state index >= 15 is 0 Å². The van der Waals surface area contributed by atoms with E-state index < -0.39 is 23.6 Å². The largest absolute Gasteiger partial charge is 0.479 e. The Balaban J connectivity index is 1.27. The smallest absolute Gasteiger partial charge is 0.407 e. The fraction of sp³-hybridized carbons (Fsp3) is 0.423. The average molecular weight is 467 g/mol. The zero-order valence-corrected chi connectivity index (χ0v) is 19.4. The van der Waals surface area contributed by atoms with Crippen LogP contribution in [0.3, 0.4) is 0 Å². The molecule has 1 fully saturated rings. The van der Waals surface area contributed by atoms with Crippen molar-refractivity contribution in [3.05, 3.63) is 59.7 Å². The van der Waals surface area contributed by atoms with E-state index in [1.165, 1.54) is 0 Å². The number of rotatable bonds is 8. The molecule has 8 heteroatoms. The molecule has 180 valence electrons. The molecule has 1 saturated heterocycles. The Kier molecular flexibility index (Phi) is 6.88. The summed E-state index contributed by atoms with van der Waals surface area (Å²) >= 11 is 0. The van der Waals surface area contributed by atoms with E-state index in [2.05, 4.69) is 34.9 Å². The van der Waals surface area contributed by atoms with Crippen molar-refractivity contribution in [2.75, 3.05) is 26.3 Å². The number of ether oxygens (including phenoxy) is 2. The van der Waals surface area contributed by atoms with Gasteiger partial charge >= 0.3 is 12.1 Å². The topological polar surface area (TPSA) is 114 Å². The van der Waals surface area contributed by atoms with Gasteiger partial charge in [0.05, 0.1) is 5.41 Å². The van der Waals surface area contributed by atoms with Crippen molar-refractivity contribution >= 4 is 18.0 Å². The van der Waals surface area contributed by atoms with E-state index in [9.17, 15) is 19.5 Å². The molecule has 0 radical (unpaired) electrons. The number of benzene rings is 2. The van der Waals surface area contributed by atoms with Crippen LogP contribution >= 0.6 is 0 Å². The maximum absolute atomic E-state index is 12.7. The lowest BCUT2D eigenvalue weighted by atomic mass is 9.91. The Morgan fingerprint density at radius 1 is 1.03 bits per heavy atom. The normalized spacial score (nSPS) is 19.2. The Morgan fingerprint density at radius 2 is 1.65 bits per heavy atom. The SMILES string of the molecule is CC(C)(CNC(=O)OCC1c2ccccc2-c2ccccc21)C(=O)NCC1CCOC1C(=O)O. The molecule has 8 nitrogen and oxygen atoms in total. The number of hydrogen-bond donors (Lipinski definition) is 3. The molecule has 2 aromatic carbocycles. The van der Waals surface area contributed by atoms with Crippen LogP contribution in [0.15, 0.2) is 48.5 Å². The van der Waals surface area contributed by atoms with Gasteiger partial charge in [0.15, 0.2) is 6.10 Å². The fourth-order valence-corrected chi connectivity index (χ4v) is 4.60. The molecule has 0 bridgehead atoms. The highest BCUT2D eigenvalue weighted by Crippen LogP contribution is 2.44. The second-order valence-corrected chi connectivity index (χ2v) is 9.45. The first kappa shape index (κ1) is 23.8. The number of carbonyl (C=O) groups excluding carboxylic acids is 2.